The van der Waals surface area contributed by atoms with Crippen molar-refractivity contribution >= 4 is 5.82 Å². The Balaban J connectivity index is 1.71. The van der Waals surface area contributed by atoms with Gasteiger partial charge in [-0.3, -0.25) is 4.90 Å². The van der Waals surface area contributed by atoms with Crippen molar-refractivity contribution in [2.45, 2.75) is 46.7 Å². The van der Waals surface area contributed by atoms with E-state index in [-0.39, 0.29) is 11.5 Å². The number of para-hydroxylation sites is 1. The molecule has 1 saturated heterocycles. The third kappa shape index (κ3) is 5.80. The lowest BCUT2D eigenvalue weighted by atomic mass is 10.1. The van der Waals surface area contributed by atoms with Crippen LogP contribution in [0.3, 0.4) is 0 Å². The number of aromatic nitrogens is 2. The molecule has 1 aromatic heterocycles. The summed E-state index contributed by atoms with van der Waals surface area (Å²) in [4.78, 5) is 7.43. The van der Waals surface area contributed by atoms with E-state index in [0.29, 0.717) is 6.54 Å². The molecule has 35 heavy (non-hydrogen) atoms. The molecule has 1 fully saturated rings. The Morgan fingerprint density at radius 3 is 2.26 bits per heavy atom. The third-order valence-electron chi connectivity index (χ3n) is 6.86. The minimum Gasteiger partial charge on any atom is -0.504 e. The number of piperazine rings is 1. The highest BCUT2D eigenvalue weighted by molar-refractivity contribution is 5.56. The Morgan fingerprint density at radius 1 is 0.886 bits per heavy atom. The van der Waals surface area contributed by atoms with Gasteiger partial charge in [0.2, 0.25) is 0 Å². The molecule has 0 radical (unpaired) electrons. The molecule has 0 bridgehead atoms. The largest absolute Gasteiger partial charge is 0.504 e. The van der Waals surface area contributed by atoms with Gasteiger partial charge in [0.05, 0.1) is 11.4 Å². The minimum atomic E-state index is -0.0818. The fourth-order valence-electron chi connectivity index (χ4n) is 4.96. The predicted molar refractivity (Wildman–Crippen MR) is 141 cm³/mol. The van der Waals surface area contributed by atoms with Crippen LogP contribution in [0.2, 0.25) is 0 Å². The van der Waals surface area contributed by atoms with Crippen LogP contribution in [-0.4, -0.2) is 69.1 Å². The van der Waals surface area contributed by atoms with E-state index in [1.54, 1.807) is 12.1 Å². The lowest BCUT2D eigenvalue weighted by Gasteiger charge is -2.36. The summed E-state index contributed by atoms with van der Waals surface area (Å²) < 4.78 is 2.15. The zero-order valence-corrected chi connectivity index (χ0v) is 21.3. The van der Waals surface area contributed by atoms with Crippen molar-refractivity contribution in [3.8, 4) is 17.2 Å². The van der Waals surface area contributed by atoms with Gasteiger partial charge in [-0.05, 0) is 55.8 Å². The molecule has 0 aliphatic carbocycles. The lowest BCUT2D eigenvalue weighted by Crippen LogP contribution is -2.47. The monoisotopic (exact) mass is 477 g/mol. The standard InChI is InChI=1S/C28H39N5O2/c1-4-14-31(20-22-12-13-26(34)27(35)19-22)21-24-25(5-2)29-33(23-10-8-7-9-11-23)28(24)32-17-15-30(6-3)16-18-32/h7-13,19,34-35H,4-6,14-18,20-21H2,1-3H3. The molecule has 4 rings (SSSR count). The fourth-order valence-corrected chi connectivity index (χ4v) is 4.96. The summed E-state index contributed by atoms with van der Waals surface area (Å²) >= 11 is 0. The number of likely N-dealkylation sites (N-methyl/N-ethyl adjacent to an activating group) is 1. The van der Waals surface area contributed by atoms with E-state index in [1.807, 2.05) is 12.1 Å². The lowest BCUT2D eigenvalue weighted by molar-refractivity contribution is 0.254. The van der Waals surface area contributed by atoms with Crippen molar-refractivity contribution in [3.05, 3.63) is 65.4 Å². The van der Waals surface area contributed by atoms with Gasteiger partial charge in [0.1, 0.15) is 5.82 Å². The Kier molecular flexibility index (Phi) is 8.31. The molecule has 0 amide bonds. The predicted octanol–water partition coefficient (Wildman–Crippen LogP) is 4.40. The van der Waals surface area contributed by atoms with Crippen LogP contribution in [0.5, 0.6) is 11.5 Å². The molecule has 7 nitrogen and oxygen atoms in total. The Hall–Kier alpha value is -3.03. The first-order valence-electron chi connectivity index (χ1n) is 12.9. The number of phenolic OH excluding ortho intramolecular Hbond substituents is 2. The van der Waals surface area contributed by atoms with Gasteiger partial charge >= 0.3 is 0 Å². The number of rotatable bonds is 10. The number of benzene rings is 2. The number of anilines is 1. The first kappa shape index (κ1) is 25.1. The van der Waals surface area contributed by atoms with Crippen molar-refractivity contribution in [1.82, 2.24) is 19.6 Å². The molecule has 2 N–H and O–H groups in total. The Bertz CT molecular complexity index is 1090. The summed E-state index contributed by atoms with van der Waals surface area (Å²) in [5.74, 6) is 1.06. The molecule has 2 aromatic carbocycles. The van der Waals surface area contributed by atoms with Crippen LogP contribution >= 0.6 is 0 Å². The van der Waals surface area contributed by atoms with Crippen LogP contribution < -0.4 is 4.90 Å². The topological polar surface area (TPSA) is 68.0 Å². The van der Waals surface area contributed by atoms with Crippen molar-refractivity contribution < 1.29 is 10.2 Å². The van der Waals surface area contributed by atoms with Gasteiger partial charge in [-0.2, -0.15) is 5.10 Å². The molecule has 2 heterocycles. The normalized spacial score (nSPS) is 14.7. The minimum absolute atomic E-state index is 0.0698. The first-order chi connectivity index (χ1) is 17.0. The Labute approximate surface area is 209 Å². The van der Waals surface area contributed by atoms with Crippen LogP contribution in [-0.2, 0) is 19.5 Å². The van der Waals surface area contributed by atoms with E-state index in [0.717, 1.165) is 75.6 Å². The van der Waals surface area contributed by atoms with Crippen molar-refractivity contribution in [2.75, 3.05) is 44.2 Å². The number of nitrogens with zero attached hydrogens (tertiary/aromatic N) is 5. The summed E-state index contributed by atoms with van der Waals surface area (Å²) in [5, 5.41) is 24.9. The van der Waals surface area contributed by atoms with E-state index >= 15 is 0 Å². The van der Waals surface area contributed by atoms with Gasteiger partial charge in [0.25, 0.3) is 0 Å². The van der Waals surface area contributed by atoms with Gasteiger partial charge in [0, 0.05) is 44.8 Å². The van der Waals surface area contributed by atoms with Crippen LogP contribution in [0.1, 0.15) is 44.0 Å². The molecule has 0 atom stereocenters. The summed E-state index contributed by atoms with van der Waals surface area (Å²) in [6, 6.07) is 15.6. The third-order valence-corrected chi connectivity index (χ3v) is 6.86. The van der Waals surface area contributed by atoms with Gasteiger partial charge in [0.15, 0.2) is 11.5 Å². The second-order valence-electron chi connectivity index (χ2n) is 9.30. The van der Waals surface area contributed by atoms with Gasteiger partial charge in [-0.15, -0.1) is 0 Å². The fraction of sp³-hybridized carbons (Fsp3) is 0.464. The van der Waals surface area contributed by atoms with Crippen molar-refractivity contribution in [1.29, 1.82) is 0 Å². The maximum absolute atomic E-state index is 10.0. The Morgan fingerprint density at radius 2 is 1.63 bits per heavy atom. The average Bonchev–Trinajstić information content (AvgIpc) is 3.25. The summed E-state index contributed by atoms with van der Waals surface area (Å²) in [6.07, 6.45) is 1.90. The molecule has 0 saturated carbocycles. The summed E-state index contributed by atoms with van der Waals surface area (Å²) in [5.41, 5.74) is 4.50. The molecule has 1 aliphatic rings. The number of aromatic hydroxyl groups is 2. The average molecular weight is 478 g/mol. The van der Waals surface area contributed by atoms with E-state index in [4.69, 9.17) is 5.10 Å². The van der Waals surface area contributed by atoms with E-state index < -0.39 is 0 Å². The van der Waals surface area contributed by atoms with E-state index in [1.165, 1.54) is 11.4 Å². The van der Waals surface area contributed by atoms with Crippen LogP contribution in [0.25, 0.3) is 5.69 Å². The highest BCUT2D eigenvalue weighted by Gasteiger charge is 2.27. The SMILES string of the molecule is CCCN(Cc1ccc(O)c(O)c1)Cc1c(CC)nn(-c2ccccc2)c1N1CCN(CC)CC1. The second-order valence-corrected chi connectivity index (χ2v) is 9.30. The molecule has 1 aliphatic heterocycles. The highest BCUT2D eigenvalue weighted by atomic mass is 16.3. The molecular formula is C28H39N5O2. The van der Waals surface area contributed by atoms with Crippen LogP contribution in [0, 0.1) is 0 Å². The highest BCUT2D eigenvalue weighted by Crippen LogP contribution is 2.31. The van der Waals surface area contributed by atoms with Crippen LogP contribution in [0.15, 0.2) is 48.5 Å². The van der Waals surface area contributed by atoms with Gasteiger partial charge in [-0.1, -0.05) is 45.0 Å². The molecule has 3 aromatic rings. The second kappa shape index (κ2) is 11.6. The zero-order chi connectivity index (χ0) is 24.8. The number of hydrogen-bond donors (Lipinski definition) is 2. The molecule has 0 spiro atoms. The smallest absolute Gasteiger partial charge is 0.157 e. The molecule has 188 valence electrons. The maximum atomic E-state index is 10.0. The van der Waals surface area contributed by atoms with Crippen LogP contribution in [0.4, 0.5) is 5.82 Å². The van der Waals surface area contributed by atoms with Gasteiger partial charge < -0.3 is 20.0 Å². The molecular weight excluding hydrogens is 438 g/mol. The quantitative estimate of drug-likeness (QED) is 0.422. The van der Waals surface area contributed by atoms with Crippen molar-refractivity contribution in [2.24, 2.45) is 0 Å². The van der Waals surface area contributed by atoms with Gasteiger partial charge in [-0.25, -0.2) is 4.68 Å². The summed E-state index contributed by atoms with van der Waals surface area (Å²) in [7, 11) is 0. The number of hydrogen-bond acceptors (Lipinski definition) is 6. The number of phenols is 2. The zero-order valence-electron chi connectivity index (χ0n) is 21.3. The van der Waals surface area contributed by atoms with Crippen molar-refractivity contribution in [3.63, 3.8) is 0 Å². The summed E-state index contributed by atoms with van der Waals surface area (Å²) in [6.45, 7) is 14.2. The van der Waals surface area contributed by atoms with E-state index in [2.05, 4.69) is 64.4 Å². The van der Waals surface area contributed by atoms with E-state index in [9.17, 15) is 10.2 Å². The molecule has 0 unspecified atom stereocenters. The number of aryl methyl sites for hydroxylation is 1. The molecule has 7 heteroatoms. The first-order valence-corrected chi connectivity index (χ1v) is 12.9. The maximum Gasteiger partial charge on any atom is 0.157 e.